The predicted molar refractivity (Wildman–Crippen MR) is 63.9 cm³/mol. The van der Waals surface area contributed by atoms with Gasteiger partial charge in [0.05, 0.1) is 18.3 Å². The van der Waals surface area contributed by atoms with Crippen LogP contribution in [-0.4, -0.2) is 19.9 Å². The van der Waals surface area contributed by atoms with Crippen molar-refractivity contribution in [3.05, 3.63) is 58.8 Å². The summed E-state index contributed by atoms with van der Waals surface area (Å²) in [5, 5.41) is 7.82. The SMILES string of the molecule is O=c1[nH]c(-c2cnn(Cc3ccccc3)c2)no1. The maximum Gasteiger partial charge on any atom is 0.439 e. The van der Waals surface area contributed by atoms with Gasteiger partial charge in [0.15, 0.2) is 5.82 Å². The van der Waals surface area contributed by atoms with Gasteiger partial charge < -0.3 is 0 Å². The molecule has 18 heavy (non-hydrogen) atoms. The maximum absolute atomic E-state index is 10.8. The van der Waals surface area contributed by atoms with Crippen LogP contribution in [0.1, 0.15) is 5.56 Å². The molecule has 0 radical (unpaired) electrons. The fourth-order valence-electron chi connectivity index (χ4n) is 1.70. The number of rotatable bonds is 3. The lowest BCUT2D eigenvalue weighted by Gasteiger charge is -2.00. The fourth-order valence-corrected chi connectivity index (χ4v) is 1.70. The number of hydrogen-bond acceptors (Lipinski definition) is 4. The fraction of sp³-hybridized carbons (Fsp3) is 0.0833. The zero-order valence-electron chi connectivity index (χ0n) is 9.41. The van der Waals surface area contributed by atoms with Crippen LogP contribution < -0.4 is 5.76 Å². The van der Waals surface area contributed by atoms with E-state index >= 15 is 0 Å². The molecule has 0 aliphatic carbocycles. The maximum atomic E-state index is 10.8. The van der Waals surface area contributed by atoms with E-state index in [1.165, 1.54) is 0 Å². The highest BCUT2D eigenvalue weighted by Gasteiger charge is 2.07. The van der Waals surface area contributed by atoms with Crippen LogP contribution in [0, 0.1) is 0 Å². The topological polar surface area (TPSA) is 76.7 Å². The highest BCUT2D eigenvalue weighted by atomic mass is 16.5. The Kier molecular flexibility index (Phi) is 2.53. The van der Waals surface area contributed by atoms with Gasteiger partial charge in [-0.05, 0) is 5.56 Å². The Morgan fingerprint density at radius 3 is 2.83 bits per heavy atom. The van der Waals surface area contributed by atoms with E-state index in [4.69, 9.17) is 0 Å². The largest absolute Gasteiger partial charge is 0.439 e. The zero-order valence-corrected chi connectivity index (χ0v) is 9.41. The third kappa shape index (κ3) is 2.08. The number of nitrogens with zero attached hydrogens (tertiary/aromatic N) is 3. The number of aromatic amines is 1. The van der Waals surface area contributed by atoms with Crippen molar-refractivity contribution in [2.24, 2.45) is 0 Å². The molecular weight excluding hydrogens is 232 g/mol. The summed E-state index contributed by atoms with van der Waals surface area (Å²) < 4.78 is 6.22. The van der Waals surface area contributed by atoms with Gasteiger partial charge >= 0.3 is 5.76 Å². The van der Waals surface area contributed by atoms with Crippen molar-refractivity contribution in [3.8, 4) is 11.4 Å². The summed E-state index contributed by atoms with van der Waals surface area (Å²) in [6, 6.07) is 9.99. The molecule has 0 bridgehead atoms. The molecule has 0 atom stereocenters. The molecule has 0 fully saturated rings. The van der Waals surface area contributed by atoms with Crippen molar-refractivity contribution >= 4 is 0 Å². The molecule has 0 unspecified atom stereocenters. The highest BCUT2D eigenvalue weighted by Crippen LogP contribution is 2.12. The Morgan fingerprint density at radius 2 is 2.11 bits per heavy atom. The van der Waals surface area contributed by atoms with E-state index in [0.29, 0.717) is 12.4 Å². The predicted octanol–water partition coefficient (Wildman–Crippen LogP) is 1.27. The molecule has 1 N–H and O–H groups in total. The summed E-state index contributed by atoms with van der Waals surface area (Å²) in [5.74, 6) is -0.180. The average molecular weight is 242 g/mol. The Balaban J connectivity index is 1.84. The molecule has 0 spiro atoms. The van der Waals surface area contributed by atoms with E-state index in [9.17, 15) is 4.79 Å². The number of aromatic nitrogens is 4. The van der Waals surface area contributed by atoms with Gasteiger partial charge in [-0.2, -0.15) is 5.10 Å². The molecule has 1 aromatic carbocycles. The van der Waals surface area contributed by atoms with Crippen LogP contribution >= 0.6 is 0 Å². The van der Waals surface area contributed by atoms with Crippen molar-refractivity contribution in [3.63, 3.8) is 0 Å². The summed E-state index contributed by atoms with van der Waals surface area (Å²) in [6.45, 7) is 0.670. The number of nitrogens with one attached hydrogen (secondary N) is 1. The van der Waals surface area contributed by atoms with Crippen LogP contribution in [0.3, 0.4) is 0 Å². The molecule has 3 rings (SSSR count). The summed E-state index contributed by atoms with van der Waals surface area (Å²) in [4.78, 5) is 13.3. The molecule has 6 heteroatoms. The van der Waals surface area contributed by atoms with Gasteiger partial charge in [-0.25, -0.2) is 4.79 Å². The van der Waals surface area contributed by atoms with Gasteiger partial charge in [0, 0.05) is 6.20 Å². The molecule has 2 heterocycles. The third-order valence-electron chi connectivity index (χ3n) is 2.53. The molecular formula is C12H10N4O2. The second-order valence-corrected chi connectivity index (χ2v) is 3.86. The van der Waals surface area contributed by atoms with Gasteiger partial charge in [0.25, 0.3) is 0 Å². The van der Waals surface area contributed by atoms with Crippen molar-refractivity contribution in [2.45, 2.75) is 6.54 Å². The Hall–Kier alpha value is -2.63. The molecule has 0 saturated carbocycles. The first-order valence-electron chi connectivity index (χ1n) is 5.44. The van der Waals surface area contributed by atoms with Crippen molar-refractivity contribution in [1.29, 1.82) is 0 Å². The van der Waals surface area contributed by atoms with Crippen LogP contribution in [0.15, 0.2) is 52.0 Å². The molecule has 0 aliphatic rings. The lowest BCUT2D eigenvalue weighted by atomic mass is 10.2. The van der Waals surface area contributed by atoms with Gasteiger partial charge in [-0.3, -0.25) is 14.2 Å². The minimum absolute atomic E-state index is 0.388. The standard InChI is InChI=1S/C12H10N4O2/c17-12-14-11(15-18-12)10-6-13-16(8-10)7-9-4-2-1-3-5-9/h1-6,8H,7H2,(H,14,15,17). The van der Waals surface area contributed by atoms with Crippen LogP contribution in [0.5, 0.6) is 0 Å². The quantitative estimate of drug-likeness (QED) is 0.750. The Morgan fingerprint density at radius 1 is 1.28 bits per heavy atom. The highest BCUT2D eigenvalue weighted by molar-refractivity contribution is 5.50. The molecule has 90 valence electrons. The Bertz CT molecular complexity index is 696. The first kappa shape index (κ1) is 10.5. The average Bonchev–Trinajstić information content (AvgIpc) is 2.99. The van der Waals surface area contributed by atoms with Gasteiger partial charge in [-0.1, -0.05) is 35.5 Å². The van der Waals surface area contributed by atoms with Crippen LogP contribution in [0.2, 0.25) is 0 Å². The van der Waals surface area contributed by atoms with Crippen molar-refractivity contribution in [2.75, 3.05) is 0 Å². The van der Waals surface area contributed by atoms with Gasteiger partial charge in [-0.15, -0.1) is 0 Å². The van der Waals surface area contributed by atoms with Gasteiger partial charge in [0.2, 0.25) is 0 Å². The van der Waals surface area contributed by atoms with E-state index < -0.39 is 5.76 Å². The van der Waals surface area contributed by atoms with Gasteiger partial charge in [0.1, 0.15) is 0 Å². The second kappa shape index (κ2) is 4.33. The lowest BCUT2D eigenvalue weighted by molar-refractivity contribution is 0.388. The van der Waals surface area contributed by atoms with E-state index in [2.05, 4.69) is 19.8 Å². The third-order valence-corrected chi connectivity index (χ3v) is 2.53. The molecule has 0 amide bonds. The van der Waals surface area contributed by atoms with Crippen LogP contribution in [0.4, 0.5) is 0 Å². The first-order valence-corrected chi connectivity index (χ1v) is 5.44. The van der Waals surface area contributed by atoms with E-state index in [-0.39, 0.29) is 0 Å². The normalized spacial score (nSPS) is 10.7. The summed E-state index contributed by atoms with van der Waals surface area (Å²) in [7, 11) is 0. The molecule has 0 saturated heterocycles. The monoisotopic (exact) mass is 242 g/mol. The van der Waals surface area contributed by atoms with E-state index in [0.717, 1.165) is 11.1 Å². The lowest BCUT2D eigenvalue weighted by Crippen LogP contribution is -1.99. The summed E-state index contributed by atoms with van der Waals surface area (Å²) in [6.07, 6.45) is 3.44. The summed E-state index contributed by atoms with van der Waals surface area (Å²) >= 11 is 0. The minimum atomic E-state index is -0.569. The van der Waals surface area contributed by atoms with Crippen LogP contribution in [-0.2, 0) is 6.54 Å². The van der Waals surface area contributed by atoms with Crippen LogP contribution in [0.25, 0.3) is 11.4 Å². The van der Waals surface area contributed by atoms with E-state index in [1.807, 2.05) is 30.3 Å². The summed E-state index contributed by atoms with van der Waals surface area (Å²) in [5.41, 5.74) is 1.87. The first-order chi connectivity index (χ1) is 8.81. The molecule has 0 aliphatic heterocycles. The van der Waals surface area contributed by atoms with Crippen molar-refractivity contribution in [1.82, 2.24) is 19.9 Å². The van der Waals surface area contributed by atoms with Crippen molar-refractivity contribution < 1.29 is 4.52 Å². The van der Waals surface area contributed by atoms with E-state index in [1.54, 1.807) is 17.1 Å². The molecule has 3 aromatic rings. The second-order valence-electron chi connectivity index (χ2n) is 3.86. The number of H-pyrrole nitrogens is 1. The molecule has 2 aromatic heterocycles. The smallest absolute Gasteiger partial charge is 0.296 e. The Labute approximate surface area is 102 Å². The minimum Gasteiger partial charge on any atom is -0.296 e. The number of hydrogen-bond donors (Lipinski definition) is 1. The zero-order chi connectivity index (χ0) is 12.4. The molecule has 6 nitrogen and oxygen atoms in total. The number of benzene rings is 1.